The van der Waals surface area contributed by atoms with Gasteiger partial charge in [-0.25, -0.2) is 9.50 Å². The minimum atomic E-state index is -0.493. The normalized spacial score (nSPS) is 25.1. The molecule has 128 valence electrons. The third-order valence-electron chi connectivity index (χ3n) is 5.89. The Morgan fingerprint density at radius 1 is 0.808 bits per heavy atom. The van der Waals surface area contributed by atoms with Crippen LogP contribution in [0.3, 0.4) is 0 Å². The van der Waals surface area contributed by atoms with Gasteiger partial charge in [0.05, 0.1) is 22.8 Å². The van der Waals surface area contributed by atoms with E-state index >= 15 is 0 Å². The van der Waals surface area contributed by atoms with Gasteiger partial charge in [0.25, 0.3) is 0 Å². The van der Waals surface area contributed by atoms with Crippen molar-refractivity contribution in [3.8, 4) is 0 Å². The second-order valence-electron chi connectivity index (χ2n) is 7.06. The summed E-state index contributed by atoms with van der Waals surface area (Å²) in [5.41, 5.74) is 10.5. The maximum Gasteiger partial charge on any atom is 0.153 e. The molecule has 1 fully saturated rings. The number of nitrogens with zero attached hydrogens (tertiary/aromatic N) is 3. The lowest BCUT2D eigenvalue weighted by Gasteiger charge is -2.57. The van der Waals surface area contributed by atoms with Crippen molar-refractivity contribution in [1.82, 2.24) is 14.6 Å². The first-order chi connectivity index (χ1) is 12.7. The van der Waals surface area contributed by atoms with Gasteiger partial charge in [0.2, 0.25) is 0 Å². The number of fused-ring (bicyclic) bond motifs is 1. The largest absolute Gasteiger partial charge is 0.320 e. The molecule has 0 bridgehead atoms. The molecule has 2 atom stereocenters. The van der Waals surface area contributed by atoms with Crippen LogP contribution in [0.15, 0.2) is 85.2 Å². The number of nitrogens with two attached hydrogens (primary N) is 1. The molecule has 5 rings (SSSR count). The number of hydrogen-bond donors (Lipinski definition) is 1. The first-order valence-corrected chi connectivity index (χ1v) is 8.95. The molecule has 0 amide bonds. The van der Waals surface area contributed by atoms with Crippen molar-refractivity contribution < 1.29 is 0 Å². The van der Waals surface area contributed by atoms with Crippen molar-refractivity contribution in [2.75, 3.05) is 0 Å². The van der Waals surface area contributed by atoms with Crippen LogP contribution in [0.25, 0.3) is 5.65 Å². The van der Waals surface area contributed by atoms with E-state index in [0.29, 0.717) is 0 Å². The molecule has 2 unspecified atom stereocenters. The standard InChI is InChI=1S/C22H20N4/c23-22(18-10-5-2-6-11-18)14-13-21(22,17-8-3-1-4-9-17)19-16-26-20(25-19)12-7-15-24-26/h1-12,15-16H,13-14,23H2. The molecular weight excluding hydrogens is 320 g/mol. The molecule has 0 saturated heterocycles. The molecule has 0 spiro atoms. The van der Waals surface area contributed by atoms with Crippen molar-refractivity contribution in [2.24, 2.45) is 5.73 Å². The number of imidazole rings is 1. The molecule has 2 aromatic carbocycles. The molecule has 2 heterocycles. The van der Waals surface area contributed by atoms with Gasteiger partial charge in [0.15, 0.2) is 5.65 Å². The summed E-state index contributed by atoms with van der Waals surface area (Å²) in [6.07, 6.45) is 5.70. The topological polar surface area (TPSA) is 56.2 Å². The van der Waals surface area contributed by atoms with Crippen molar-refractivity contribution >= 4 is 5.65 Å². The Balaban J connectivity index is 1.78. The van der Waals surface area contributed by atoms with Gasteiger partial charge in [0.1, 0.15) is 0 Å². The van der Waals surface area contributed by atoms with Crippen LogP contribution in [-0.4, -0.2) is 14.6 Å². The summed E-state index contributed by atoms with van der Waals surface area (Å²) < 4.78 is 1.84. The summed E-state index contributed by atoms with van der Waals surface area (Å²) in [6, 6.07) is 24.8. The van der Waals surface area contributed by atoms with Crippen molar-refractivity contribution in [3.63, 3.8) is 0 Å². The summed E-state index contributed by atoms with van der Waals surface area (Å²) in [5, 5.41) is 4.40. The summed E-state index contributed by atoms with van der Waals surface area (Å²) in [7, 11) is 0. The zero-order chi connectivity index (χ0) is 17.6. The monoisotopic (exact) mass is 340 g/mol. The van der Waals surface area contributed by atoms with Crippen molar-refractivity contribution in [2.45, 2.75) is 23.8 Å². The molecule has 0 radical (unpaired) electrons. The van der Waals surface area contributed by atoms with Crippen LogP contribution >= 0.6 is 0 Å². The average molecular weight is 340 g/mol. The molecule has 1 aliphatic carbocycles. The maximum absolute atomic E-state index is 7.12. The van der Waals surface area contributed by atoms with E-state index in [1.165, 1.54) is 5.56 Å². The number of benzene rings is 2. The fourth-order valence-corrected chi connectivity index (χ4v) is 4.44. The molecule has 2 aromatic heterocycles. The first kappa shape index (κ1) is 15.3. The Bertz CT molecular complexity index is 1020. The van der Waals surface area contributed by atoms with Gasteiger partial charge in [0, 0.05) is 6.20 Å². The lowest BCUT2D eigenvalue weighted by molar-refractivity contribution is 0.111. The van der Waals surface area contributed by atoms with Gasteiger partial charge >= 0.3 is 0 Å². The van der Waals surface area contributed by atoms with Crippen molar-refractivity contribution in [1.29, 1.82) is 0 Å². The highest BCUT2D eigenvalue weighted by atomic mass is 15.2. The number of aromatic nitrogens is 3. The SMILES string of the molecule is NC1(c2ccccc2)CCC1(c1ccccc1)c1cn2ncccc2n1. The van der Waals surface area contributed by atoms with E-state index in [1.807, 2.05) is 35.0 Å². The molecule has 1 saturated carbocycles. The van der Waals surface area contributed by atoms with Crippen LogP contribution in [0, 0.1) is 0 Å². The highest BCUT2D eigenvalue weighted by Crippen LogP contribution is 2.59. The van der Waals surface area contributed by atoms with Crippen molar-refractivity contribution in [3.05, 3.63) is 102 Å². The summed E-state index contributed by atoms with van der Waals surface area (Å²) >= 11 is 0. The van der Waals surface area contributed by atoms with E-state index in [-0.39, 0.29) is 5.41 Å². The third kappa shape index (κ3) is 1.93. The molecule has 26 heavy (non-hydrogen) atoms. The smallest absolute Gasteiger partial charge is 0.153 e. The average Bonchev–Trinajstić information content (AvgIpc) is 3.12. The van der Waals surface area contributed by atoms with Crippen LogP contribution in [0.4, 0.5) is 0 Å². The molecule has 0 aliphatic heterocycles. The maximum atomic E-state index is 7.12. The van der Waals surface area contributed by atoms with Crippen LogP contribution in [0.2, 0.25) is 0 Å². The van der Waals surface area contributed by atoms with E-state index in [2.05, 4.69) is 53.6 Å². The summed E-state index contributed by atoms with van der Waals surface area (Å²) in [6.45, 7) is 0. The van der Waals surface area contributed by atoms with Crippen LogP contribution in [0.1, 0.15) is 29.7 Å². The van der Waals surface area contributed by atoms with Gasteiger partial charge in [-0.1, -0.05) is 60.7 Å². The van der Waals surface area contributed by atoms with Gasteiger partial charge in [-0.3, -0.25) is 0 Å². The zero-order valence-electron chi connectivity index (χ0n) is 14.4. The molecule has 4 heteroatoms. The van der Waals surface area contributed by atoms with Crippen LogP contribution < -0.4 is 5.73 Å². The number of rotatable bonds is 3. The molecule has 1 aliphatic rings. The Morgan fingerprint density at radius 2 is 1.50 bits per heavy atom. The first-order valence-electron chi connectivity index (χ1n) is 8.95. The fourth-order valence-electron chi connectivity index (χ4n) is 4.44. The molecule has 2 N–H and O–H groups in total. The van der Waals surface area contributed by atoms with E-state index in [1.54, 1.807) is 6.20 Å². The highest BCUT2D eigenvalue weighted by molar-refractivity contribution is 5.52. The van der Waals surface area contributed by atoms with Crippen LogP contribution in [-0.2, 0) is 11.0 Å². The van der Waals surface area contributed by atoms with Crippen LogP contribution in [0.5, 0.6) is 0 Å². The summed E-state index contributed by atoms with van der Waals surface area (Å²) in [5.74, 6) is 0. The van der Waals surface area contributed by atoms with Gasteiger partial charge in [-0.05, 0) is 36.1 Å². The minimum absolute atomic E-state index is 0.358. The quantitative estimate of drug-likeness (QED) is 0.619. The summed E-state index contributed by atoms with van der Waals surface area (Å²) in [4.78, 5) is 4.92. The van der Waals surface area contributed by atoms with Gasteiger partial charge < -0.3 is 5.73 Å². The number of hydrogen-bond acceptors (Lipinski definition) is 3. The highest BCUT2D eigenvalue weighted by Gasteiger charge is 2.60. The van der Waals surface area contributed by atoms with E-state index in [0.717, 1.165) is 29.7 Å². The molecule has 4 nitrogen and oxygen atoms in total. The molecule has 4 aromatic rings. The second-order valence-corrected chi connectivity index (χ2v) is 7.06. The second kappa shape index (κ2) is 5.51. The lowest BCUT2D eigenvalue weighted by atomic mass is 9.48. The third-order valence-corrected chi connectivity index (χ3v) is 5.89. The van der Waals surface area contributed by atoms with E-state index < -0.39 is 5.54 Å². The Kier molecular flexibility index (Phi) is 3.24. The lowest BCUT2D eigenvalue weighted by Crippen LogP contribution is -2.64. The Hall–Kier alpha value is -2.98. The van der Waals surface area contributed by atoms with E-state index in [4.69, 9.17) is 10.7 Å². The fraction of sp³-hybridized carbons (Fsp3) is 0.182. The van der Waals surface area contributed by atoms with Gasteiger partial charge in [-0.15, -0.1) is 0 Å². The Morgan fingerprint density at radius 3 is 2.12 bits per heavy atom. The van der Waals surface area contributed by atoms with Gasteiger partial charge in [-0.2, -0.15) is 5.10 Å². The predicted octanol–water partition coefficient (Wildman–Crippen LogP) is 3.66. The predicted molar refractivity (Wildman–Crippen MR) is 102 cm³/mol. The van der Waals surface area contributed by atoms with E-state index in [9.17, 15) is 0 Å². The Labute approximate surface area is 152 Å². The molecular formula is C22H20N4. The minimum Gasteiger partial charge on any atom is -0.320 e. The zero-order valence-corrected chi connectivity index (χ0v) is 14.4.